The van der Waals surface area contributed by atoms with Crippen molar-refractivity contribution in [3.63, 3.8) is 0 Å². The Labute approximate surface area is 241 Å². The largest absolute Gasteiger partial charge is 0.573 e. The lowest BCUT2D eigenvalue weighted by Gasteiger charge is -2.20. The summed E-state index contributed by atoms with van der Waals surface area (Å²) in [6, 6.07) is 11.0. The number of carbonyl (C=O) groups is 1. The number of nitrogens with one attached hydrogen (secondary N) is 3. The minimum atomic E-state index is -4.76. The number of nitrogens with zero attached hydrogens (tertiary/aromatic N) is 3. The second kappa shape index (κ2) is 12.5. The highest BCUT2D eigenvalue weighted by atomic mass is 32.1. The number of aryl methyl sites for hydroxylation is 1. The van der Waals surface area contributed by atoms with Crippen LogP contribution in [0.3, 0.4) is 0 Å². The van der Waals surface area contributed by atoms with Crippen molar-refractivity contribution in [3.8, 4) is 11.4 Å². The van der Waals surface area contributed by atoms with Crippen molar-refractivity contribution in [1.29, 1.82) is 0 Å². The fourth-order valence-corrected chi connectivity index (χ4v) is 4.52. The van der Waals surface area contributed by atoms with Gasteiger partial charge in [0, 0.05) is 17.8 Å². The molecule has 216 valence electrons. The Bertz CT molecular complexity index is 1480. The summed E-state index contributed by atoms with van der Waals surface area (Å²) in [6.07, 6.45) is 1.41. The number of rotatable bonds is 7. The van der Waals surface area contributed by atoms with Crippen molar-refractivity contribution >= 4 is 34.6 Å². The lowest BCUT2D eigenvalue weighted by molar-refractivity contribution is -0.274. The molecule has 1 unspecified atom stereocenters. The highest BCUT2D eigenvalue weighted by molar-refractivity contribution is 7.80. The van der Waals surface area contributed by atoms with Crippen molar-refractivity contribution in [1.82, 2.24) is 25.4 Å². The lowest BCUT2D eigenvalue weighted by Crippen LogP contribution is -2.42. The number of ether oxygens (including phenoxy) is 1. The van der Waals surface area contributed by atoms with E-state index in [4.69, 9.17) is 12.2 Å². The fraction of sp³-hybridized carbons (Fsp3) is 0.310. The van der Waals surface area contributed by atoms with Gasteiger partial charge in [-0.2, -0.15) is 0 Å². The van der Waals surface area contributed by atoms with Gasteiger partial charge in [0.2, 0.25) is 0 Å². The number of hydrogen-bond acceptors (Lipinski definition) is 5. The van der Waals surface area contributed by atoms with E-state index < -0.39 is 12.4 Å². The fourth-order valence-electron chi connectivity index (χ4n) is 4.31. The molecule has 1 atom stereocenters. The number of alkyl halides is 3. The summed E-state index contributed by atoms with van der Waals surface area (Å²) in [5.74, 6) is 0.615. The molecular formula is C29H31F3N6O2S. The number of thiocarbonyl (C=S) groups is 1. The molecule has 3 N–H and O–H groups in total. The number of benzene rings is 2. The molecule has 0 fully saturated rings. The normalized spacial score (nSPS) is 15.2. The third-order valence-corrected chi connectivity index (χ3v) is 6.71. The van der Waals surface area contributed by atoms with Crippen LogP contribution < -0.4 is 20.7 Å². The van der Waals surface area contributed by atoms with Gasteiger partial charge in [-0.15, -0.1) is 18.3 Å². The van der Waals surface area contributed by atoms with E-state index in [0.29, 0.717) is 18.1 Å². The minimum Gasteiger partial charge on any atom is -0.406 e. The zero-order valence-electron chi connectivity index (χ0n) is 23.0. The van der Waals surface area contributed by atoms with Gasteiger partial charge >= 0.3 is 12.4 Å². The monoisotopic (exact) mass is 584 g/mol. The van der Waals surface area contributed by atoms with Crippen LogP contribution in [-0.2, 0) is 0 Å². The third-order valence-electron chi connectivity index (χ3n) is 6.51. The Balaban J connectivity index is 1.35. The number of urea groups is 1. The van der Waals surface area contributed by atoms with Gasteiger partial charge in [0.05, 0.1) is 5.69 Å². The molecule has 1 aromatic heterocycles. The molecule has 2 amide bonds. The van der Waals surface area contributed by atoms with Gasteiger partial charge in [-0.3, -0.25) is 5.32 Å². The van der Waals surface area contributed by atoms with Crippen LogP contribution in [0.15, 0.2) is 66.5 Å². The van der Waals surface area contributed by atoms with Gasteiger partial charge in [0.15, 0.2) is 10.9 Å². The van der Waals surface area contributed by atoms with Crippen LogP contribution in [0.1, 0.15) is 50.1 Å². The summed E-state index contributed by atoms with van der Waals surface area (Å²) in [5.41, 5.74) is 5.41. The zero-order chi connectivity index (χ0) is 29.7. The van der Waals surface area contributed by atoms with Crippen LogP contribution in [0.4, 0.5) is 23.7 Å². The number of halogens is 3. The van der Waals surface area contributed by atoms with Crippen LogP contribution in [-0.4, -0.2) is 38.8 Å². The van der Waals surface area contributed by atoms with E-state index in [0.717, 1.165) is 34.4 Å². The number of carbonyl (C=O) groups excluding carboxylic acids is 1. The van der Waals surface area contributed by atoms with Gasteiger partial charge in [-0.25, -0.2) is 14.5 Å². The van der Waals surface area contributed by atoms with E-state index in [1.807, 2.05) is 31.2 Å². The molecule has 8 nitrogen and oxygen atoms in total. The standard InChI is InChI=1S/C29H31F3N6O2S/c1-17(2)24-13-18(3)5-12-25(24)35-28(41)36-27(39)33-15-21-14-20(7-6-19(21)4)26-34-16-38(37-26)22-8-10-23(11-9-22)40-29(30,31)32/h5,7-14,16-17,19H,6,15H2,1-4H3,(H3,33,35,36,39,41). The van der Waals surface area contributed by atoms with E-state index in [2.05, 4.69) is 57.6 Å². The topological polar surface area (TPSA) is 93.1 Å². The highest BCUT2D eigenvalue weighted by Gasteiger charge is 2.31. The molecule has 0 spiro atoms. The molecule has 0 bridgehead atoms. The molecule has 0 aliphatic heterocycles. The first-order valence-electron chi connectivity index (χ1n) is 13.0. The second-order valence-electron chi connectivity index (χ2n) is 10.1. The van der Waals surface area contributed by atoms with Crippen molar-refractivity contribution in [3.05, 3.63) is 83.5 Å². The summed E-state index contributed by atoms with van der Waals surface area (Å²) in [6.45, 7) is 8.59. The summed E-state index contributed by atoms with van der Waals surface area (Å²) >= 11 is 5.36. The van der Waals surface area contributed by atoms with Gasteiger partial charge in [0.1, 0.15) is 12.1 Å². The number of anilines is 1. The van der Waals surface area contributed by atoms with Crippen molar-refractivity contribution in [2.24, 2.45) is 5.92 Å². The lowest BCUT2D eigenvalue weighted by atomic mass is 9.89. The Hall–Kier alpha value is -4.19. The van der Waals surface area contributed by atoms with Crippen LogP contribution in [0.25, 0.3) is 11.3 Å². The smallest absolute Gasteiger partial charge is 0.406 e. The van der Waals surface area contributed by atoms with Crippen molar-refractivity contribution < 1.29 is 22.7 Å². The van der Waals surface area contributed by atoms with Gasteiger partial charge in [-0.1, -0.05) is 50.6 Å². The van der Waals surface area contributed by atoms with E-state index >= 15 is 0 Å². The van der Waals surface area contributed by atoms with Gasteiger partial charge < -0.3 is 15.4 Å². The number of amides is 2. The maximum absolute atomic E-state index is 12.6. The van der Waals surface area contributed by atoms with Crippen LogP contribution >= 0.6 is 12.2 Å². The Morgan fingerprint density at radius 1 is 1.20 bits per heavy atom. The summed E-state index contributed by atoms with van der Waals surface area (Å²) in [4.78, 5) is 16.9. The maximum Gasteiger partial charge on any atom is 0.573 e. The molecule has 0 saturated carbocycles. The Morgan fingerprint density at radius 3 is 2.61 bits per heavy atom. The average molecular weight is 585 g/mol. The number of hydrogen-bond donors (Lipinski definition) is 3. The van der Waals surface area contributed by atoms with E-state index in [1.54, 1.807) is 0 Å². The number of allylic oxidation sites excluding steroid dienone is 3. The highest BCUT2D eigenvalue weighted by Crippen LogP contribution is 2.28. The molecule has 3 aromatic rings. The molecule has 1 heterocycles. The molecule has 1 aliphatic rings. The van der Waals surface area contributed by atoms with E-state index in [1.165, 1.54) is 35.3 Å². The molecule has 0 radical (unpaired) electrons. The average Bonchev–Trinajstić information content (AvgIpc) is 3.39. The van der Waals surface area contributed by atoms with Crippen LogP contribution in [0, 0.1) is 12.8 Å². The van der Waals surface area contributed by atoms with Crippen LogP contribution in [0.2, 0.25) is 0 Å². The van der Waals surface area contributed by atoms with Crippen LogP contribution in [0.5, 0.6) is 5.75 Å². The van der Waals surface area contributed by atoms with Crippen molar-refractivity contribution in [2.75, 3.05) is 11.9 Å². The number of aromatic nitrogens is 3. The summed E-state index contributed by atoms with van der Waals surface area (Å²) in [7, 11) is 0. The Morgan fingerprint density at radius 2 is 1.93 bits per heavy atom. The van der Waals surface area contributed by atoms with E-state index in [-0.39, 0.29) is 22.7 Å². The van der Waals surface area contributed by atoms with Gasteiger partial charge in [-0.05, 0) is 78.9 Å². The summed E-state index contributed by atoms with van der Waals surface area (Å²) < 4.78 is 42.6. The quantitative estimate of drug-likeness (QED) is 0.270. The second-order valence-corrected chi connectivity index (χ2v) is 10.5. The zero-order valence-corrected chi connectivity index (χ0v) is 23.9. The molecule has 1 aliphatic carbocycles. The molecular weight excluding hydrogens is 553 g/mol. The Kier molecular flexibility index (Phi) is 9.11. The third kappa shape index (κ3) is 8.16. The molecule has 4 rings (SSSR count). The minimum absolute atomic E-state index is 0.188. The first kappa shape index (κ1) is 29.8. The first-order valence-corrected chi connectivity index (χ1v) is 13.4. The molecule has 41 heavy (non-hydrogen) atoms. The molecule has 12 heteroatoms. The van der Waals surface area contributed by atoms with E-state index in [9.17, 15) is 18.0 Å². The predicted molar refractivity (Wildman–Crippen MR) is 156 cm³/mol. The first-order chi connectivity index (χ1) is 19.4. The maximum atomic E-state index is 12.6. The predicted octanol–water partition coefficient (Wildman–Crippen LogP) is 6.64. The summed E-state index contributed by atoms with van der Waals surface area (Å²) in [5, 5.41) is 13.3. The van der Waals surface area contributed by atoms with Gasteiger partial charge in [0.25, 0.3) is 0 Å². The SMILES string of the molecule is Cc1ccc(NC(=S)NC(=O)NCC2=CC(c3ncn(-c4ccc(OC(F)(F)F)cc4)n3)=CCC2C)c(C(C)C)c1. The van der Waals surface area contributed by atoms with Crippen molar-refractivity contribution in [2.45, 2.75) is 46.4 Å². The molecule has 0 saturated heterocycles. The molecule has 2 aromatic carbocycles.